The molecule has 1 spiro atoms. The Hall–Kier alpha value is -1.01. The number of likely N-dealkylation sites (tertiary alicyclic amines) is 1. The molecule has 0 aliphatic carbocycles. The van der Waals surface area contributed by atoms with E-state index in [4.69, 9.17) is 32.7 Å². The monoisotopic (exact) mass is 371 g/mol. The number of carbonyl (C=O) groups is 1. The normalized spacial score (nSPS) is 33.8. The second-order valence-electron chi connectivity index (χ2n) is 6.87. The van der Waals surface area contributed by atoms with Crippen molar-refractivity contribution in [2.24, 2.45) is 11.8 Å². The highest BCUT2D eigenvalue weighted by Gasteiger charge is 2.63. The van der Waals surface area contributed by atoms with Crippen LogP contribution in [0.5, 0.6) is 5.75 Å². The number of benzene rings is 1. The molecule has 5 nitrogen and oxygen atoms in total. The Labute approximate surface area is 150 Å². The molecular weight excluding hydrogens is 353 g/mol. The summed E-state index contributed by atoms with van der Waals surface area (Å²) in [4.78, 5) is 14.7. The van der Waals surface area contributed by atoms with E-state index < -0.39 is 0 Å². The van der Waals surface area contributed by atoms with E-state index in [1.54, 1.807) is 17.0 Å². The maximum absolute atomic E-state index is 12.9. The zero-order chi connectivity index (χ0) is 17.1. The Morgan fingerprint density at radius 3 is 2.79 bits per heavy atom. The quantitative estimate of drug-likeness (QED) is 0.886. The predicted octanol–water partition coefficient (Wildman–Crippen LogP) is 2.61. The first-order valence-corrected chi connectivity index (χ1v) is 8.85. The first kappa shape index (κ1) is 16.5. The van der Waals surface area contributed by atoms with Crippen molar-refractivity contribution in [2.75, 3.05) is 26.8 Å². The largest absolute Gasteiger partial charge is 0.494 e. The SMILES string of the molecule is COc1c(Cl)cc(C(=O)N2C[C@@H]3[C@H](CO)[C@H]4CC[C@]3(C2)O4)cc1Cl. The van der Waals surface area contributed by atoms with Crippen molar-refractivity contribution in [1.82, 2.24) is 4.90 Å². The van der Waals surface area contributed by atoms with Gasteiger partial charge in [-0.05, 0) is 25.0 Å². The van der Waals surface area contributed by atoms with Gasteiger partial charge in [-0.1, -0.05) is 23.2 Å². The van der Waals surface area contributed by atoms with Gasteiger partial charge in [0, 0.05) is 30.6 Å². The van der Waals surface area contributed by atoms with Gasteiger partial charge >= 0.3 is 0 Å². The van der Waals surface area contributed by atoms with E-state index in [1.165, 1.54) is 7.11 Å². The van der Waals surface area contributed by atoms with Crippen molar-refractivity contribution in [1.29, 1.82) is 0 Å². The van der Waals surface area contributed by atoms with Crippen molar-refractivity contribution < 1.29 is 19.4 Å². The molecule has 1 N–H and O–H groups in total. The number of carbonyl (C=O) groups excluding carboxylic acids is 1. The number of aliphatic hydroxyl groups excluding tert-OH is 1. The van der Waals surface area contributed by atoms with Gasteiger partial charge < -0.3 is 19.5 Å². The second kappa shape index (κ2) is 5.77. The Morgan fingerprint density at radius 2 is 2.17 bits per heavy atom. The minimum Gasteiger partial charge on any atom is -0.494 e. The highest BCUT2D eigenvalue weighted by Crippen LogP contribution is 2.54. The molecule has 1 aromatic rings. The minimum absolute atomic E-state index is 0.110. The van der Waals surface area contributed by atoms with Crippen molar-refractivity contribution >= 4 is 29.1 Å². The molecule has 24 heavy (non-hydrogen) atoms. The maximum atomic E-state index is 12.9. The highest BCUT2D eigenvalue weighted by molar-refractivity contribution is 6.37. The second-order valence-corrected chi connectivity index (χ2v) is 7.69. The fraction of sp³-hybridized carbons (Fsp3) is 0.588. The average molecular weight is 372 g/mol. The molecule has 3 saturated heterocycles. The number of amides is 1. The molecule has 130 valence electrons. The van der Waals surface area contributed by atoms with E-state index in [1.807, 2.05) is 0 Å². The van der Waals surface area contributed by atoms with Crippen LogP contribution in [0.25, 0.3) is 0 Å². The Bertz CT molecular complexity index is 674. The summed E-state index contributed by atoms with van der Waals surface area (Å²) >= 11 is 12.3. The molecular formula is C17H19Cl2NO4. The zero-order valence-electron chi connectivity index (χ0n) is 13.3. The van der Waals surface area contributed by atoms with Crippen molar-refractivity contribution in [2.45, 2.75) is 24.5 Å². The van der Waals surface area contributed by atoms with E-state index in [2.05, 4.69) is 0 Å². The van der Waals surface area contributed by atoms with Gasteiger partial charge in [0.15, 0.2) is 5.75 Å². The van der Waals surface area contributed by atoms with Crippen molar-refractivity contribution in [3.05, 3.63) is 27.7 Å². The van der Waals surface area contributed by atoms with Crippen LogP contribution < -0.4 is 4.74 Å². The lowest BCUT2D eigenvalue weighted by Gasteiger charge is -2.27. The van der Waals surface area contributed by atoms with Gasteiger partial charge in [0.05, 0.1) is 35.4 Å². The molecule has 0 unspecified atom stereocenters. The summed E-state index contributed by atoms with van der Waals surface area (Å²) in [5, 5.41) is 10.3. The minimum atomic E-state index is -0.284. The maximum Gasteiger partial charge on any atom is 0.254 e. The van der Waals surface area contributed by atoms with Gasteiger partial charge in [-0.15, -0.1) is 0 Å². The average Bonchev–Trinajstić information content (AvgIpc) is 3.20. The standard InChI is InChI=1S/C17H19Cl2NO4/c1-23-15-12(18)4-9(5-13(15)19)16(22)20-6-11-10(7-21)14-2-3-17(11,8-20)24-14/h4-5,10-11,14,21H,2-3,6-8H2,1H3/t10-,11+,14+,17+/m0/s1. The lowest BCUT2D eigenvalue weighted by molar-refractivity contribution is 0.00154. The number of halogens is 2. The van der Waals surface area contributed by atoms with Crippen LogP contribution in [0, 0.1) is 11.8 Å². The third-order valence-electron chi connectivity index (χ3n) is 5.73. The molecule has 0 aromatic heterocycles. The molecule has 3 heterocycles. The van der Waals surface area contributed by atoms with Gasteiger partial charge in [0.2, 0.25) is 0 Å². The van der Waals surface area contributed by atoms with Crippen LogP contribution in [0.3, 0.4) is 0 Å². The van der Waals surface area contributed by atoms with Gasteiger partial charge in [-0.3, -0.25) is 4.79 Å². The number of rotatable bonds is 3. The third-order valence-corrected chi connectivity index (χ3v) is 6.29. The fourth-order valence-corrected chi connectivity index (χ4v) is 5.29. The number of ether oxygens (including phenoxy) is 2. The summed E-state index contributed by atoms with van der Waals surface area (Å²) < 4.78 is 11.3. The van der Waals surface area contributed by atoms with Crippen LogP contribution in [-0.2, 0) is 4.74 Å². The molecule has 0 saturated carbocycles. The van der Waals surface area contributed by atoms with Crippen molar-refractivity contribution in [3.63, 3.8) is 0 Å². The smallest absolute Gasteiger partial charge is 0.254 e. The molecule has 0 radical (unpaired) electrons. The molecule has 4 atom stereocenters. The Kier molecular flexibility index (Phi) is 3.95. The van der Waals surface area contributed by atoms with Gasteiger partial charge in [0.25, 0.3) is 5.91 Å². The summed E-state index contributed by atoms with van der Waals surface area (Å²) in [6.07, 6.45) is 2.05. The Morgan fingerprint density at radius 1 is 1.46 bits per heavy atom. The molecule has 7 heteroatoms. The molecule has 3 aliphatic rings. The van der Waals surface area contributed by atoms with Crippen LogP contribution in [-0.4, -0.2) is 54.4 Å². The van der Waals surface area contributed by atoms with Crippen molar-refractivity contribution in [3.8, 4) is 5.75 Å². The van der Waals surface area contributed by atoms with E-state index in [-0.39, 0.29) is 36.1 Å². The lowest BCUT2D eigenvalue weighted by atomic mass is 9.74. The Balaban J connectivity index is 1.59. The first-order valence-electron chi connectivity index (χ1n) is 8.10. The van der Waals surface area contributed by atoms with Crippen LogP contribution in [0.4, 0.5) is 0 Å². The van der Waals surface area contributed by atoms with Crippen LogP contribution in [0.2, 0.25) is 10.0 Å². The van der Waals surface area contributed by atoms with Crippen LogP contribution in [0.1, 0.15) is 23.2 Å². The number of hydrogen-bond donors (Lipinski definition) is 1. The summed E-state index contributed by atoms with van der Waals surface area (Å²) in [5.41, 5.74) is 0.158. The summed E-state index contributed by atoms with van der Waals surface area (Å²) in [6.45, 7) is 1.27. The molecule has 1 amide bonds. The molecule has 4 rings (SSSR count). The van der Waals surface area contributed by atoms with Gasteiger partial charge in [-0.25, -0.2) is 0 Å². The lowest BCUT2D eigenvalue weighted by Crippen LogP contribution is -2.38. The molecule has 3 fully saturated rings. The van der Waals surface area contributed by atoms with E-state index in [0.29, 0.717) is 34.4 Å². The molecule has 2 bridgehead atoms. The molecule has 1 aromatic carbocycles. The summed E-state index contributed by atoms with van der Waals surface area (Å²) in [5.74, 6) is 0.581. The highest BCUT2D eigenvalue weighted by atomic mass is 35.5. The summed E-state index contributed by atoms with van der Waals surface area (Å²) in [7, 11) is 1.48. The first-order chi connectivity index (χ1) is 11.5. The van der Waals surface area contributed by atoms with Gasteiger partial charge in [-0.2, -0.15) is 0 Å². The number of methoxy groups -OCH3 is 1. The van der Waals surface area contributed by atoms with Crippen LogP contribution in [0.15, 0.2) is 12.1 Å². The predicted molar refractivity (Wildman–Crippen MR) is 89.8 cm³/mol. The topological polar surface area (TPSA) is 59.0 Å². The number of nitrogens with zero attached hydrogens (tertiary/aromatic N) is 1. The number of hydrogen-bond acceptors (Lipinski definition) is 4. The van der Waals surface area contributed by atoms with Crippen LogP contribution >= 0.6 is 23.2 Å². The van der Waals surface area contributed by atoms with E-state index >= 15 is 0 Å². The third kappa shape index (κ3) is 2.25. The number of fused-ring (bicyclic) bond motifs is 1. The molecule has 3 aliphatic heterocycles. The van der Waals surface area contributed by atoms with E-state index in [0.717, 1.165) is 12.8 Å². The fourth-order valence-electron chi connectivity index (χ4n) is 4.65. The number of aliphatic hydroxyl groups is 1. The van der Waals surface area contributed by atoms with E-state index in [9.17, 15) is 9.90 Å². The zero-order valence-corrected chi connectivity index (χ0v) is 14.8. The summed E-state index contributed by atoms with van der Waals surface area (Å²) in [6, 6.07) is 3.17. The van der Waals surface area contributed by atoms with Gasteiger partial charge in [0.1, 0.15) is 0 Å².